The molecule has 20 heavy (non-hydrogen) atoms. The SMILES string of the molecule is COc1ccccc1CNC(=O)c1ccc(F)c(Br)c1. The van der Waals surface area contributed by atoms with Gasteiger partial charge < -0.3 is 10.1 Å². The van der Waals surface area contributed by atoms with Crippen molar-refractivity contribution in [3.63, 3.8) is 0 Å². The van der Waals surface area contributed by atoms with E-state index in [4.69, 9.17) is 4.74 Å². The summed E-state index contributed by atoms with van der Waals surface area (Å²) in [5, 5.41) is 2.77. The second-order valence-corrected chi connectivity index (χ2v) is 4.98. The lowest BCUT2D eigenvalue weighted by Gasteiger charge is -2.09. The zero-order valence-corrected chi connectivity index (χ0v) is 12.4. The Morgan fingerprint density at radius 2 is 2.05 bits per heavy atom. The maximum Gasteiger partial charge on any atom is 0.251 e. The fourth-order valence-corrected chi connectivity index (χ4v) is 2.14. The number of benzene rings is 2. The summed E-state index contributed by atoms with van der Waals surface area (Å²) in [6.45, 7) is 0.345. The number of halogens is 2. The highest BCUT2D eigenvalue weighted by Gasteiger charge is 2.09. The predicted molar refractivity (Wildman–Crippen MR) is 78.3 cm³/mol. The second-order valence-electron chi connectivity index (χ2n) is 4.12. The molecule has 1 N–H and O–H groups in total. The number of rotatable bonds is 4. The van der Waals surface area contributed by atoms with Gasteiger partial charge in [0, 0.05) is 17.7 Å². The average Bonchev–Trinajstić information content (AvgIpc) is 2.47. The van der Waals surface area contributed by atoms with Crippen LogP contribution in [0.2, 0.25) is 0 Å². The molecule has 0 saturated carbocycles. The van der Waals surface area contributed by atoms with Crippen LogP contribution in [0, 0.1) is 5.82 Å². The van der Waals surface area contributed by atoms with E-state index < -0.39 is 5.82 Å². The van der Waals surface area contributed by atoms with E-state index in [0.29, 0.717) is 17.9 Å². The normalized spacial score (nSPS) is 10.2. The van der Waals surface area contributed by atoms with Gasteiger partial charge in [0.2, 0.25) is 0 Å². The summed E-state index contributed by atoms with van der Waals surface area (Å²) >= 11 is 3.06. The lowest BCUT2D eigenvalue weighted by Crippen LogP contribution is -2.23. The third kappa shape index (κ3) is 3.36. The molecule has 0 atom stereocenters. The Balaban J connectivity index is 2.06. The first-order valence-corrected chi connectivity index (χ1v) is 6.76. The van der Waals surface area contributed by atoms with Gasteiger partial charge in [-0.05, 0) is 40.2 Å². The zero-order valence-electron chi connectivity index (χ0n) is 10.8. The molecule has 2 aromatic carbocycles. The van der Waals surface area contributed by atoms with Gasteiger partial charge in [-0.2, -0.15) is 0 Å². The Labute approximate surface area is 124 Å². The average molecular weight is 338 g/mol. The van der Waals surface area contributed by atoms with E-state index in [2.05, 4.69) is 21.2 Å². The van der Waals surface area contributed by atoms with E-state index in [-0.39, 0.29) is 10.4 Å². The molecule has 0 unspecified atom stereocenters. The summed E-state index contributed by atoms with van der Waals surface area (Å²) in [6, 6.07) is 11.6. The van der Waals surface area contributed by atoms with Crippen LogP contribution in [-0.2, 0) is 6.54 Å². The maximum atomic E-state index is 13.1. The first-order valence-electron chi connectivity index (χ1n) is 5.97. The standard InChI is InChI=1S/C15H13BrFNO2/c1-20-14-5-3-2-4-11(14)9-18-15(19)10-6-7-13(17)12(16)8-10/h2-8H,9H2,1H3,(H,18,19). The van der Waals surface area contributed by atoms with Gasteiger partial charge in [-0.3, -0.25) is 4.79 Å². The van der Waals surface area contributed by atoms with Crippen LogP contribution < -0.4 is 10.1 Å². The van der Waals surface area contributed by atoms with Crippen LogP contribution in [0.4, 0.5) is 4.39 Å². The van der Waals surface area contributed by atoms with Gasteiger partial charge in [0.25, 0.3) is 5.91 Å². The first kappa shape index (κ1) is 14.5. The Morgan fingerprint density at radius 1 is 1.30 bits per heavy atom. The highest BCUT2D eigenvalue weighted by Crippen LogP contribution is 2.18. The minimum absolute atomic E-state index is 0.266. The molecule has 0 aliphatic rings. The van der Waals surface area contributed by atoms with Crippen molar-refractivity contribution < 1.29 is 13.9 Å². The predicted octanol–water partition coefficient (Wildman–Crippen LogP) is 3.53. The van der Waals surface area contributed by atoms with Crippen LogP contribution in [-0.4, -0.2) is 13.0 Å². The molecular formula is C15H13BrFNO2. The molecule has 104 valence electrons. The Morgan fingerprint density at radius 3 is 2.75 bits per heavy atom. The third-order valence-corrected chi connectivity index (χ3v) is 3.42. The van der Waals surface area contributed by atoms with Gasteiger partial charge in [-0.25, -0.2) is 4.39 Å². The monoisotopic (exact) mass is 337 g/mol. The van der Waals surface area contributed by atoms with Gasteiger partial charge >= 0.3 is 0 Å². The highest BCUT2D eigenvalue weighted by atomic mass is 79.9. The van der Waals surface area contributed by atoms with E-state index in [0.717, 1.165) is 5.56 Å². The summed E-state index contributed by atoms with van der Waals surface area (Å²) < 4.78 is 18.6. The van der Waals surface area contributed by atoms with Crippen molar-refractivity contribution in [1.29, 1.82) is 0 Å². The van der Waals surface area contributed by atoms with Crippen molar-refractivity contribution in [2.75, 3.05) is 7.11 Å². The van der Waals surface area contributed by atoms with E-state index >= 15 is 0 Å². The van der Waals surface area contributed by atoms with Crippen molar-refractivity contribution >= 4 is 21.8 Å². The van der Waals surface area contributed by atoms with Crippen molar-refractivity contribution in [2.24, 2.45) is 0 Å². The largest absolute Gasteiger partial charge is 0.496 e. The molecule has 2 aromatic rings. The maximum absolute atomic E-state index is 13.1. The molecule has 0 fully saturated rings. The second kappa shape index (κ2) is 6.52. The van der Waals surface area contributed by atoms with E-state index in [1.54, 1.807) is 7.11 Å². The summed E-state index contributed by atoms with van der Waals surface area (Å²) in [7, 11) is 1.58. The molecule has 0 saturated heterocycles. The lowest BCUT2D eigenvalue weighted by molar-refractivity contribution is 0.0950. The first-order chi connectivity index (χ1) is 9.61. The van der Waals surface area contributed by atoms with Gasteiger partial charge in [-0.1, -0.05) is 18.2 Å². The minimum atomic E-state index is -0.397. The fraction of sp³-hybridized carbons (Fsp3) is 0.133. The molecule has 1 amide bonds. The van der Waals surface area contributed by atoms with E-state index in [1.165, 1.54) is 18.2 Å². The summed E-state index contributed by atoms with van der Waals surface area (Å²) in [4.78, 5) is 12.0. The smallest absolute Gasteiger partial charge is 0.251 e. The number of nitrogens with one attached hydrogen (secondary N) is 1. The van der Waals surface area contributed by atoms with E-state index in [1.807, 2.05) is 24.3 Å². The van der Waals surface area contributed by atoms with Crippen molar-refractivity contribution in [1.82, 2.24) is 5.32 Å². The van der Waals surface area contributed by atoms with Crippen LogP contribution in [0.3, 0.4) is 0 Å². The molecule has 0 bridgehead atoms. The molecular weight excluding hydrogens is 325 g/mol. The van der Waals surface area contributed by atoms with Crippen molar-refractivity contribution in [3.8, 4) is 5.75 Å². The van der Waals surface area contributed by atoms with Gasteiger partial charge in [0.15, 0.2) is 0 Å². The molecule has 0 aliphatic heterocycles. The van der Waals surface area contributed by atoms with Crippen LogP contribution in [0.25, 0.3) is 0 Å². The Kier molecular flexibility index (Phi) is 4.74. The van der Waals surface area contributed by atoms with Crippen LogP contribution >= 0.6 is 15.9 Å². The molecule has 0 aromatic heterocycles. The van der Waals surface area contributed by atoms with Crippen LogP contribution in [0.1, 0.15) is 15.9 Å². The van der Waals surface area contributed by atoms with E-state index in [9.17, 15) is 9.18 Å². The fourth-order valence-electron chi connectivity index (χ4n) is 1.76. The van der Waals surface area contributed by atoms with Gasteiger partial charge in [0.1, 0.15) is 11.6 Å². The quantitative estimate of drug-likeness (QED) is 0.926. The van der Waals surface area contributed by atoms with Gasteiger partial charge in [0.05, 0.1) is 11.6 Å². The van der Waals surface area contributed by atoms with Crippen LogP contribution in [0.15, 0.2) is 46.9 Å². The van der Waals surface area contributed by atoms with Gasteiger partial charge in [-0.15, -0.1) is 0 Å². The number of carbonyl (C=O) groups excluding carboxylic acids is 1. The molecule has 0 heterocycles. The number of hydrogen-bond acceptors (Lipinski definition) is 2. The molecule has 0 radical (unpaired) electrons. The summed E-state index contributed by atoms with van der Waals surface area (Å²) in [6.07, 6.45) is 0. The number of carbonyl (C=O) groups is 1. The molecule has 5 heteroatoms. The number of para-hydroxylation sites is 1. The summed E-state index contributed by atoms with van der Waals surface area (Å²) in [5.74, 6) is 0.0518. The highest BCUT2D eigenvalue weighted by molar-refractivity contribution is 9.10. The lowest BCUT2D eigenvalue weighted by atomic mass is 10.1. The van der Waals surface area contributed by atoms with Crippen molar-refractivity contribution in [2.45, 2.75) is 6.54 Å². The molecule has 0 spiro atoms. The number of ether oxygens (including phenoxy) is 1. The van der Waals surface area contributed by atoms with Crippen LogP contribution in [0.5, 0.6) is 5.75 Å². The Bertz CT molecular complexity index is 631. The zero-order chi connectivity index (χ0) is 14.5. The molecule has 2 rings (SSSR count). The third-order valence-electron chi connectivity index (χ3n) is 2.81. The van der Waals surface area contributed by atoms with Crippen molar-refractivity contribution in [3.05, 3.63) is 63.9 Å². The minimum Gasteiger partial charge on any atom is -0.496 e. The number of methoxy groups -OCH3 is 1. The topological polar surface area (TPSA) is 38.3 Å². The number of hydrogen-bond donors (Lipinski definition) is 1. The number of amides is 1. The molecule has 0 aliphatic carbocycles. The molecule has 3 nitrogen and oxygen atoms in total. The Hall–Kier alpha value is -1.88. The summed E-state index contributed by atoms with van der Waals surface area (Å²) in [5.41, 5.74) is 1.28.